The number of carbonyl (C=O) groups is 1. The average molecular weight is 286 g/mol. The van der Waals surface area contributed by atoms with Gasteiger partial charge in [-0.25, -0.2) is 4.39 Å². The van der Waals surface area contributed by atoms with Crippen LogP contribution in [0.3, 0.4) is 0 Å². The number of nitriles is 1. The normalized spacial score (nSPS) is 10.9. The summed E-state index contributed by atoms with van der Waals surface area (Å²) in [5.41, 5.74) is -0.00360. The molecule has 20 heavy (non-hydrogen) atoms. The Kier molecular flexibility index (Phi) is 4.28. The van der Waals surface area contributed by atoms with Gasteiger partial charge in [0.05, 0.1) is 5.69 Å². The van der Waals surface area contributed by atoms with Crippen molar-refractivity contribution in [3.05, 3.63) is 57.5 Å². The van der Waals surface area contributed by atoms with Crippen LogP contribution in [-0.2, 0) is 4.79 Å². The molecule has 0 fully saturated rings. The molecule has 3 nitrogen and oxygen atoms in total. The van der Waals surface area contributed by atoms with Crippen molar-refractivity contribution < 1.29 is 9.18 Å². The Morgan fingerprint density at radius 2 is 2.10 bits per heavy atom. The molecule has 2 aromatic rings. The number of nitrogens with zero attached hydrogens (tertiary/aromatic N) is 1. The van der Waals surface area contributed by atoms with Gasteiger partial charge >= 0.3 is 0 Å². The number of benzene rings is 1. The number of hydrogen-bond donors (Lipinski definition) is 1. The first-order valence-corrected chi connectivity index (χ1v) is 6.66. The second kappa shape index (κ2) is 6.13. The van der Waals surface area contributed by atoms with E-state index < -0.39 is 11.7 Å². The molecule has 1 N–H and O–H groups in total. The van der Waals surface area contributed by atoms with Crippen LogP contribution in [0, 0.1) is 24.1 Å². The van der Waals surface area contributed by atoms with E-state index in [2.05, 4.69) is 5.32 Å². The van der Waals surface area contributed by atoms with E-state index in [4.69, 9.17) is 5.26 Å². The lowest BCUT2D eigenvalue weighted by atomic mass is 10.2. The number of para-hydroxylation sites is 1. The maximum absolute atomic E-state index is 13.4. The number of nitrogens with one attached hydrogen (secondary N) is 1. The highest BCUT2D eigenvalue weighted by atomic mass is 32.1. The molecule has 0 radical (unpaired) electrons. The van der Waals surface area contributed by atoms with Gasteiger partial charge in [0, 0.05) is 9.75 Å². The Morgan fingerprint density at radius 1 is 1.35 bits per heavy atom. The number of thiophene rings is 1. The van der Waals surface area contributed by atoms with Gasteiger partial charge in [-0.1, -0.05) is 12.1 Å². The SMILES string of the molecule is Cc1ccc(C=C(C#N)C(=O)Nc2ccccc2F)s1. The first-order chi connectivity index (χ1) is 9.60. The maximum Gasteiger partial charge on any atom is 0.266 e. The molecule has 0 aliphatic rings. The molecule has 1 aromatic carbocycles. The minimum Gasteiger partial charge on any atom is -0.319 e. The van der Waals surface area contributed by atoms with Gasteiger partial charge in [-0.3, -0.25) is 4.79 Å². The smallest absolute Gasteiger partial charge is 0.266 e. The molecule has 0 aliphatic carbocycles. The standard InChI is InChI=1S/C15H11FN2OS/c1-10-6-7-12(20-10)8-11(9-17)15(19)18-14-5-3-2-4-13(14)16/h2-8H,1H3,(H,18,19). The zero-order valence-corrected chi connectivity index (χ0v) is 11.5. The molecule has 1 amide bonds. The number of rotatable bonds is 3. The van der Waals surface area contributed by atoms with E-state index in [0.29, 0.717) is 0 Å². The molecule has 2 rings (SSSR count). The zero-order valence-electron chi connectivity index (χ0n) is 10.7. The Labute approximate surface area is 120 Å². The van der Waals surface area contributed by atoms with E-state index in [1.165, 1.54) is 35.6 Å². The topological polar surface area (TPSA) is 52.9 Å². The van der Waals surface area contributed by atoms with Gasteiger partial charge in [0.2, 0.25) is 0 Å². The van der Waals surface area contributed by atoms with Crippen LogP contribution in [0.15, 0.2) is 42.0 Å². The van der Waals surface area contributed by atoms with Crippen LogP contribution < -0.4 is 5.32 Å². The summed E-state index contributed by atoms with van der Waals surface area (Å²) in [7, 11) is 0. The third kappa shape index (κ3) is 3.31. The van der Waals surface area contributed by atoms with Gasteiger partial charge in [0.25, 0.3) is 5.91 Å². The first kappa shape index (κ1) is 14.0. The minimum atomic E-state index is -0.622. The van der Waals surface area contributed by atoms with Gasteiger partial charge in [0.1, 0.15) is 17.5 Å². The van der Waals surface area contributed by atoms with Crippen LogP contribution in [0.2, 0.25) is 0 Å². The van der Waals surface area contributed by atoms with E-state index in [9.17, 15) is 9.18 Å². The van der Waals surface area contributed by atoms with Crippen LogP contribution in [0.5, 0.6) is 0 Å². The Balaban J connectivity index is 2.21. The molecule has 0 unspecified atom stereocenters. The molecule has 0 aliphatic heterocycles. The summed E-state index contributed by atoms with van der Waals surface area (Å²) in [6.07, 6.45) is 1.49. The lowest BCUT2D eigenvalue weighted by Gasteiger charge is -2.04. The third-order valence-corrected chi connectivity index (χ3v) is 3.48. The number of aryl methyl sites for hydroxylation is 1. The molecule has 100 valence electrons. The van der Waals surface area contributed by atoms with E-state index >= 15 is 0 Å². The lowest BCUT2D eigenvalue weighted by Crippen LogP contribution is -2.14. The third-order valence-electron chi connectivity index (χ3n) is 2.53. The highest BCUT2D eigenvalue weighted by Gasteiger charge is 2.12. The summed E-state index contributed by atoms with van der Waals surface area (Å²) in [5.74, 6) is -1.16. The molecule has 0 saturated carbocycles. The quantitative estimate of drug-likeness (QED) is 0.690. The van der Waals surface area contributed by atoms with Crippen LogP contribution in [-0.4, -0.2) is 5.91 Å². The second-order valence-corrected chi connectivity index (χ2v) is 5.37. The highest BCUT2D eigenvalue weighted by Crippen LogP contribution is 2.19. The van der Waals surface area contributed by atoms with Crippen LogP contribution >= 0.6 is 11.3 Å². The van der Waals surface area contributed by atoms with Crippen molar-refractivity contribution >= 4 is 29.0 Å². The van der Waals surface area contributed by atoms with Crippen LogP contribution in [0.1, 0.15) is 9.75 Å². The minimum absolute atomic E-state index is 0.0565. The summed E-state index contributed by atoms with van der Waals surface area (Å²) in [4.78, 5) is 13.8. The Bertz CT molecular complexity index is 713. The number of amides is 1. The number of carbonyl (C=O) groups excluding carboxylic acids is 1. The van der Waals surface area contributed by atoms with Crippen molar-refractivity contribution in [2.45, 2.75) is 6.92 Å². The van der Waals surface area contributed by atoms with Crippen molar-refractivity contribution in [2.24, 2.45) is 0 Å². The summed E-state index contributed by atoms with van der Waals surface area (Å²) < 4.78 is 13.4. The number of hydrogen-bond acceptors (Lipinski definition) is 3. The molecule has 5 heteroatoms. The molecule has 0 spiro atoms. The van der Waals surface area contributed by atoms with Crippen molar-refractivity contribution in [1.29, 1.82) is 5.26 Å². The Morgan fingerprint density at radius 3 is 2.70 bits per heavy atom. The maximum atomic E-state index is 13.4. The summed E-state index contributed by atoms with van der Waals surface area (Å²) in [5, 5.41) is 11.4. The van der Waals surface area contributed by atoms with Gasteiger partial charge in [-0.05, 0) is 37.3 Å². The van der Waals surface area contributed by atoms with Crippen molar-refractivity contribution in [1.82, 2.24) is 0 Å². The summed E-state index contributed by atoms with van der Waals surface area (Å²) in [6.45, 7) is 1.94. The monoisotopic (exact) mass is 286 g/mol. The predicted molar refractivity (Wildman–Crippen MR) is 77.7 cm³/mol. The fourth-order valence-corrected chi connectivity index (χ4v) is 2.39. The van der Waals surface area contributed by atoms with Crippen molar-refractivity contribution in [2.75, 3.05) is 5.32 Å². The van der Waals surface area contributed by atoms with Crippen molar-refractivity contribution in [3.8, 4) is 6.07 Å². The van der Waals surface area contributed by atoms with E-state index in [0.717, 1.165) is 9.75 Å². The number of anilines is 1. The van der Waals surface area contributed by atoms with E-state index in [1.54, 1.807) is 6.07 Å². The van der Waals surface area contributed by atoms with Gasteiger partial charge in [-0.15, -0.1) is 11.3 Å². The summed E-state index contributed by atoms with van der Waals surface area (Å²) >= 11 is 1.48. The fourth-order valence-electron chi connectivity index (χ4n) is 1.57. The molecule has 0 atom stereocenters. The molecular formula is C15H11FN2OS. The molecule has 0 saturated heterocycles. The summed E-state index contributed by atoms with van der Waals surface area (Å²) in [6, 6.07) is 11.4. The van der Waals surface area contributed by atoms with Crippen LogP contribution in [0.4, 0.5) is 10.1 Å². The highest BCUT2D eigenvalue weighted by molar-refractivity contribution is 7.12. The van der Waals surface area contributed by atoms with Gasteiger partial charge in [0.15, 0.2) is 0 Å². The lowest BCUT2D eigenvalue weighted by molar-refractivity contribution is -0.112. The second-order valence-electron chi connectivity index (χ2n) is 4.05. The predicted octanol–water partition coefficient (Wildman–Crippen LogP) is 3.74. The molecule has 1 aromatic heterocycles. The van der Waals surface area contributed by atoms with Crippen LogP contribution in [0.25, 0.3) is 6.08 Å². The molecule has 0 bridgehead atoms. The van der Waals surface area contributed by atoms with Gasteiger partial charge in [-0.2, -0.15) is 5.26 Å². The van der Waals surface area contributed by atoms with Gasteiger partial charge < -0.3 is 5.32 Å². The van der Waals surface area contributed by atoms with Crippen molar-refractivity contribution in [3.63, 3.8) is 0 Å². The number of halogens is 1. The van der Waals surface area contributed by atoms with E-state index in [1.807, 2.05) is 25.1 Å². The average Bonchev–Trinajstić information content (AvgIpc) is 2.84. The first-order valence-electron chi connectivity index (χ1n) is 5.84. The zero-order chi connectivity index (χ0) is 14.5. The molecule has 1 heterocycles. The fraction of sp³-hybridized carbons (Fsp3) is 0.0667. The molecular weight excluding hydrogens is 275 g/mol. The van der Waals surface area contributed by atoms with E-state index in [-0.39, 0.29) is 11.3 Å². The largest absolute Gasteiger partial charge is 0.319 e. The Hall–Kier alpha value is -2.45.